The number of amidine groups is 1. The van der Waals surface area contributed by atoms with E-state index >= 15 is 0 Å². The van der Waals surface area contributed by atoms with Gasteiger partial charge in [0.05, 0.1) is 0 Å². The molecule has 2 aromatic carbocycles. The van der Waals surface area contributed by atoms with Crippen LogP contribution in [-0.2, 0) is 15.4 Å². The molecule has 1 heterocycles. The van der Waals surface area contributed by atoms with Gasteiger partial charge in [0.2, 0.25) is 5.90 Å². The Kier molecular flexibility index (Phi) is 3.57. The minimum Gasteiger partial charge on any atom is -0.362 e. The van der Waals surface area contributed by atoms with E-state index in [1.807, 2.05) is 0 Å². The molecule has 4 nitrogen and oxygen atoms in total. The van der Waals surface area contributed by atoms with Crippen LogP contribution in [-0.4, -0.2) is 15.9 Å². The number of hydrogen-bond acceptors (Lipinski definition) is 3. The molecule has 7 heteroatoms. The fraction of sp³-hybridized carbons (Fsp3) is 0. The first-order valence-corrected chi connectivity index (χ1v) is 6.94. The van der Waals surface area contributed by atoms with E-state index in [4.69, 9.17) is 4.18 Å². The largest absolute Gasteiger partial charge is 0.362 e. The molecule has 106 valence electrons. The first-order chi connectivity index (χ1) is 10.1. The zero-order valence-electron chi connectivity index (χ0n) is 10.5. The molecule has 0 bridgehead atoms. The lowest BCUT2D eigenvalue weighted by molar-refractivity contribution is 0.559. The lowest BCUT2D eigenvalue weighted by Crippen LogP contribution is -2.17. The van der Waals surface area contributed by atoms with Crippen LogP contribution in [0.2, 0.25) is 0 Å². The fourth-order valence-corrected chi connectivity index (χ4v) is 2.31. The van der Waals surface area contributed by atoms with Crippen LogP contribution in [0.15, 0.2) is 57.9 Å². The van der Waals surface area contributed by atoms with Gasteiger partial charge in [0.1, 0.15) is 11.6 Å². The van der Waals surface area contributed by atoms with Crippen molar-refractivity contribution in [1.29, 1.82) is 0 Å². The molecule has 1 aliphatic rings. The van der Waals surface area contributed by atoms with E-state index in [0.717, 1.165) is 0 Å². The molecule has 3 rings (SSSR count). The smallest absolute Gasteiger partial charge is 0.342 e. The van der Waals surface area contributed by atoms with Crippen molar-refractivity contribution in [3.63, 3.8) is 0 Å². The van der Waals surface area contributed by atoms with Crippen molar-refractivity contribution in [3.05, 3.63) is 71.3 Å². The molecule has 1 aliphatic heterocycles. The van der Waals surface area contributed by atoms with Crippen molar-refractivity contribution in [2.24, 2.45) is 9.39 Å². The van der Waals surface area contributed by atoms with Crippen LogP contribution in [0.5, 0.6) is 0 Å². The molecule has 0 N–H and O–H groups in total. The molecule has 0 aliphatic carbocycles. The average Bonchev–Trinajstić information content (AvgIpc) is 2.48. The summed E-state index contributed by atoms with van der Waals surface area (Å²) in [5, 5.41) is 0. The van der Waals surface area contributed by atoms with Gasteiger partial charge >= 0.3 is 11.3 Å². The predicted molar refractivity (Wildman–Crippen MR) is 75.1 cm³/mol. The molecular weight excluding hydrogens is 298 g/mol. The molecule has 0 radical (unpaired) electrons. The summed E-state index contributed by atoms with van der Waals surface area (Å²) in [6.07, 6.45) is 0. The number of halogens is 2. The van der Waals surface area contributed by atoms with Gasteiger partial charge in [-0.2, -0.15) is 9.20 Å². The van der Waals surface area contributed by atoms with Gasteiger partial charge in [-0.15, -0.1) is 4.40 Å². The van der Waals surface area contributed by atoms with Gasteiger partial charge in [0.25, 0.3) is 0 Å². The third-order valence-electron chi connectivity index (χ3n) is 2.71. The first-order valence-electron chi connectivity index (χ1n) is 5.91. The Morgan fingerprint density at radius 2 is 1.38 bits per heavy atom. The van der Waals surface area contributed by atoms with E-state index in [1.165, 1.54) is 48.5 Å². The van der Waals surface area contributed by atoms with Crippen molar-refractivity contribution in [2.45, 2.75) is 0 Å². The second-order valence-electron chi connectivity index (χ2n) is 4.15. The van der Waals surface area contributed by atoms with E-state index in [2.05, 4.69) is 9.39 Å². The maximum Gasteiger partial charge on any atom is 0.342 e. The molecule has 0 fully saturated rings. The standard InChI is InChI=1S/C14H8F2N2O2S/c15-11-5-1-9(2-6-11)13-17-14(20-21(19)18-13)10-3-7-12(16)8-4-10/h1-8H. The Bertz CT molecular complexity index is 756. The summed E-state index contributed by atoms with van der Waals surface area (Å²) in [6.45, 7) is 0. The van der Waals surface area contributed by atoms with Gasteiger partial charge < -0.3 is 4.18 Å². The molecule has 0 saturated carbocycles. The van der Waals surface area contributed by atoms with Gasteiger partial charge in [-0.1, -0.05) is 0 Å². The second-order valence-corrected chi connectivity index (χ2v) is 4.93. The summed E-state index contributed by atoms with van der Waals surface area (Å²) >= 11 is -1.94. The molecule has 2 aromatic rings. The Balaban J connectivity index is 1.99. The molecule has 21 heavy (non-hydrogen) atoms. The molecule has 1 atom stereocenters. The fourth-order valence-electron chi connectivity index (χ4n) is 1.71. The van der Waals surface area contributed by atoms with Crippen molar-refractivity contribution in [1.82, 2.24) is 0 Å². The highest BCUT2D eigenvalue weighted by molar-refractivity contribution is 7.79. The van der Waals surface area contributed by atoms with Crippen molar-refractivity contribution < 1.29 is 17.2 Å². The number of aliphatic imine (C=N–C) groups is 1. The Labute approximate surface area is 121 Å². The first kappa shape index (κ1) is 13.6. The van der Waals surface area contributed by atoms with Crippen LogP contribution < -0.4 is 0 Å². The Morgan fingerprint density at radius 3 is 1.95 bits per heavy atom. The second kappa shape index (κ2) is 5.53. The van der Waals surface area contributed by atoms with E-state index in [-0.39, 0.29) is 11.7 Å². The maximum absolute atomic E-state index is 12.9. The van der Waals surface area contributed by atoms with E-state index < -0.39 is 22.9 Å². The minimum atomic E-state index is -1.94. The van der Waals surface area contributed by atoms with Crippen molar-refractivity contribution in [3.8, 4) is 0 Å². The highest BCUT2D eigenvalue weighted by atomic mass is 32.2. The summed E-state index contributed by atoms with van der Waals surface area (Å²) in [6, 6.07) is 10.9. The van der Waals surface area contributed by atoms with Crippen LogP contribution in [0.3, 0.4) is 0 Å². The average molecular weight is 306 g/mol. The lowest BCUT2D eigenvalue weighted by atomic mass is 10.2. The monoisotopic (exact) mass is 306 g/mol. The number of hydrogen-bond donors (Lipinski definition) is 0. The zero-order chi connectivity index (χ0) is 14.8. The summed E-state index contributed by atoms with van der Waals surface area (Å²) in [4.78, 5) is 4.14. The highest BCUT2D eigenvalue weighted by Gasteiger charge is 2.18. The number of rotatable bonds is 2. The Morgan fingerprint density at radius 1 is 0.857 bits per heavy atom. The van der Waals surface area contributed by atoms with Crippen LogP contribution in [0.1, 0.15) is 11.1 Å². The minimum absolute atomic E-state index is 0.0719. The SMILES string of the molecule is O=S1N=C(c2ccc(F)cc2)N=C(c2ccc(F)cc2)O1. The third kappa shape index (κ3) is 3.03. The van der Waals surface area contributed by atoms with E-state index in [0.29, 0.717) is 11.1 Å². The molecular formula is C14H8F2N2O2S. The normalized spacial score (nSPS) is 17.7. The summed E-state index contributed by atoms with van der Waals surface area (Å²) in [5.41, 5.74) is 0.979. The van der Waals surface area contributed by atoms with Crippen LogP contribution in [0.25, 0.3) is 0 Å². The van der Waals surface area contributed by atoms with E-state index in [9.17, 15) is 13.0 Å². The van der Waals surface area contributed by atoms with Crippen LogP contribution in [0, 0.1) is 11.6 Å². The third-order valence-corrected chi connectivity index (χ3v) is 3.33. The van der Waals surface area contributed by atoms with Crippen molar-refractivity contribution in [2.75, 3.05) is 0 Å². The zero-order valence-corrected chi connectivity index (χ0v) is 11.3. The maximum atomic E-state index is 12.9. The van der Waals surface area contributed by atoms with Gasteiger partial charge in [0, 0.05) is 11.1 Å². The van der Waals surface area contributed by atoms with Crippen LogP contribution in [0.4, 0.5) is 8.78 Å². The summed E-state index contributed by atoms with van der Waals surface area (Å²) < 4.78 is 46.2. The summed E-state index contributed by atoms with van der Waals surface area (Å²) in [5.74, 6) is -0.555. The highest BCUT2D eigenvalue weighted by Crippen LogP contribution is 2.15. The van der Waals surface area contributed by atoms with Gasteiger partial charge in [0.15, 0.2) is 5.84 Å². The van der Waals surface area contributed by atoms with Gasteiger partial charge in [-0.25, -0.2) is 8.78 Å². The molecule has 1 unspecified atom stereocenters. The van der Waals surface area contributed by atoms with Gasteiger partial charge in [-0.3, -0.25) is 0 Å². The molecule has 0 aromatic heterocycles. The molecule has 0 spiro atoms. The molecule has 0 amide bonds. The number of nitrogens with zero attached hydrogens (tertiary/aromatic N) is 2. The quantitative estimate of drug-likeness (QED) is 0.856. The Hall–Kier alpha value is -2.41. The lowest BCUT2D eigenvalue weighted by Gasteiger charge is -2.12. The van der Waals surface area contributed by atoms with Crippen LogP contribution >= 0.6 is 0 Å². The number of benzene rings is 2. The summed E-state index contributed by atoms with van der Waals surface area (Å²) in [7, 11) is 0. The van der Waals surface area contributed by atoms with Crippen molar-refractivity contribution >= 4 is 23.0 Å². The predicted octanol–water partition coefficient (Wildman–Crippen LogP) is 2.77. The molecule has 0 saturated heterocycles. The van der Waals surface area contributed by atoms with Gasteiger partial charge in [-0.05, 0) is 48.5 Å². The topological polar surface area (TPSA) is 51.0 Å². The van der Waals surface area contributed by atoms with E-state index in [1.54, 1.807) is 0 Å².